The smallest absolute Gasteiger partial charge is 0.331 e. The van der Waals surface area contributed by atoms with Gasteiger partial charge in [0.2, 0.25) is 0 Å². The van der Waals surface area contributed by atoms with E-state index in [0.717, 1.165) is 10.2 Å². The lowest BCUT2D eigenvalue weighted by molar-refractivity contribution is -0.384. The van der Waals surface area contributed by atoms with E-state index >= 15 is 0 Å². The number of hydrogen-bond donors (Lipinski definition) is 1. The third kappa shape index (κ3) is 3.84. The first-order valence-corrected chi connectivity index (χ1v) is 12.0. The van der Waals surface area contributed by atoms with Gasteiger partial charge >= 0.3 is 11.7 Å². The molecule has 4 rings (SSSR count). The monoisotopic (exact) mass is 483 g/mol. The highest BCUT2D eigenvalue weighted by atomic mass is 32.2. The minimum Gasteiger partial charge on any atom is -0.464 e. The summed E-state index contributed by atoms with van der Waals surface area (Å²) < 4.78 is 32.5. The van der Waals surface area contributed by atoms with Crippen LogP contribution in [-0.4, -0.2) is 40.4 Å². The van der Waals surface area contributed by atoms with Gasteiger partial charge in [0, 0.05) is 12.1 Å². The molecule has 2 aromatic heterocycles. The second kappa shape index (κ2) is 8.75. The van der Waals surface area contributed by atoms with Crippen molar-refractivity contribution in [3.05, 3.63) is 58.9 Å². The number of pyridine rings is 1. The largest absolute Gasteiger partial charge is 0.464 e. The molecule has 0 bridgehead atoms. The molecule has 0 radical (unpaired) electrons. The second-order valence-electron chi connectivity index (χ2n) is 7.94. The summed E-state index contributed by atoms with van der Waals surface area (Å²) in [5.41, 5.74) is -1.88. The number of nitro groups is 1. The lowest BCUT2D eigenvalue weighted by Crippen LogP contribution is -2.45. The SMILES string of the molecule is CCOC(=O)C1(Nc2c([N+](=O)[O-])cnc3c2ccn3S(=O)(=O)c2ccccc2)CCC(C#N)C1. The van der Waals surface area contributed by atoms with Crippen molar-refractivity contribution in [2.75, 3.05) is 11.9 Å². The van der Waals surface area contributed by atoms with E-state index in [0.29, 0.717) is 6.42 Å². The average Bonchev–Trinajstić information content (AvgIpc) is 3.45. The molecule has 1 aliphatic carbocycles. The number of rotatable bonds is 7. The minimum atomic E-state index is -4.03. The summed E-state index contributed by atoms with van der Waals surface area (Å²) in [4.78, 5) is 28.2. The van der Waals surface area contributed by atoms with E-state index in [2.05, 4.69) is 16.4 Å². The Morgan fingerprint density at radius 2 is 2.12 bits per heavy atom. The van der Waals surface area contributed by atoms with E-state index in [9.17, 15) is 28.6 Å². The van der Waals surface area contributed by atoms with Gasteiger partial charge in [-0.3, -0.25) is 10.1 Å². The second-order valence-corrected chi connectivity index (χ2v) is 9.75. The molecule has 1 N–H and O–H groups in total. The molecule has 1 aliphatic rings. The molecule has 3 aromatic rings. The quantitative estimate of drug-likeness (QED) is 0.302. The number of fused-ring (bicyclic) bond motifs is 1. The van der Waals surface area contributed by atoms with Gasteiger partial charge in [-0.2, -0.15) is 5.26 Å². The van der Waals surface area contributed by atoms with Crippen LogP contribution in [0.1, 0.15) is 26.2 Å². The normalized spacial score (nSPS) is 20.1. The average molecular weight is 484 g/mol. The molecule has 0 saturated heterocycles. The van der Waals surface area contributed by atoms with E-state index in [1.54, 1.807) is 25.1 Å². The number of nitrogens with zero attached hydrogens (tertiary/aromatic N) is 4. The number of nitrogens with one attached hydrogen (secondary N) is 1. The Balaban J connectivity index is 1.88. The number of esters is 1. The Bertz CT molecular complexity index is 1410. The maximum Gasteiger partial charge on any atom is 0.331 e. The minimum absolute atomic E-state index is 0.0258. The van der Waals surface area contributed by atoms with Crippen LogP contribution in [0, 0.1) is 27.4 Å². The number of nitriles is 1. The molecule has 0 aliphatic heterocycles. The summed E-state index contributed by atoms with van der Waals surface area (Å²) in [5.74, 6) is -1.06. The predicted octanol–water partition coefficient (Wildman–Crippen LogP) is 3.22. The molecule has 1 saturated carbocycles. The Kier molecular flexibility index (Phi) is 5.97. The van der Waals surface area contributed by atoms with Crippen molar-refractivity contribution < 1.29 is 22.9 Å². The molecule has 2 atom stereocenters. The fourth-order valence-corrected chi connectivity index (χ4v) is 5.56. The molecule has 2 unspecified atom stereocenters. The summed E-state index contributed by atoms with van der Waals surface area (Å²) in [6.45, 7) is 1.74. The van der Waals surface area contributed by atoms with Crippen LogP contribution >= 0.6 is 0 Å². The summed E-state index contributed by atoms with van der Waals surface area (Å²) in [5, 5.41) is 24.3. The van der Waals surface area contributed by atoms with Gasteiger partial charge in [0.05, 0.1) is 27.9 Å². The zero-order valence-corrected chi connectivity index (χ0v) is 19.0. The standard InChI is InChI=1S/C22H21N5O6S/c1-2-33-21(28)22(10-8-15(12-22)13-23)25-19-17-9-11-26(20(17)24-14-18(19)27(29)30)34(31,32)16-6-4-3-5-7-16/h3-7,9,11,14-15H,2,8,10,12H2,1H3,(H,24,25). The molecule has 34 heavy (non-hydrogen) atoms. The number of benzene rings is 1. The van der Waals surface area contributed by atoms with Crippen molar-refractivity contribution in [1.29, 1.82) is 5.26 Å². The molecular formula is C22H21N5O6S. The molecular weight excluding hydrogens is 462 g/mol. The zero-order chi connectivity index (χ0) is 24.5. The van der Waals surface area contributed by atoms with Gasteiger partial charge in [-0.15, -0.1) is 0 Å². The molecule has 0 spiro atoms. The number of anilines is 1. The van der Waals surface area contributed by atoms with Crippen molar-refractivity contribution in [2.45, 2.75) is 36.6 Å². The van der Waals surface area contributed by atoms with E-state index < -0.39 is 38.1 Å². The topological polar surface area (TPSA) is 157 Å². The van der Waals surface area contributed by atoms with Crippen molar-refractivity contribution in [1.82, 2.24) is 8.96 Å². The van der Waals surface area contributed by atoms with E-state index in [-0.39, 0.29) is 41.1 Å². The number of carbonyl (C=O) groups excluding carboxylic acids is 1. The molecule has 0 amide bonds. The maximum absolute atomic E-state index is 13.2. The third-order valence-electron chi connectivity index (χ3n) is 5.89. The van der Waals surface area contributed by atoms with Crippen LogP contribution in [0.5, 0.6) is 0 Å². The summed E-state index contributed by atoms with van der Waals surface area (Å²) in [6.07, 6.45) is 2.96. The first kappa shape index (κ1) is 23.2. The van der Waals surface area contributed by atoms with E-state index in [4.69, 9.17) is 4.74 Å². The van der Waals surface area contributed by atoms with Gasteiger partial charge in [0.1, 0.15) is 17.4 Å². The molecule has 11 nitrogen and oxygen atoms in total. The highest BCUT2D eigenvalue weighted by Gasteiger charge is 2.48. The van der Waals surface area contributed by atoms with Crippen LogP contribution in [0.25, 0.3) is 11.0 Å². The van der Waals surface area contributed by atoms with Crippen LogP contribution in [-0.2, 0) is 19.6 Å². The Morgan fingerprint density at radius 3 is 2.74 bits per heavy atom. The Labute approximate surface area is 195 Å². The Hall–Kier alpha value is -3.98. The van der Waals surface area contributed by atoms with Gasteiger partial charge < -0.3 is 10.1 Å². The predicted molar refractivity (Wildman–Crippen MR) is 121 cm³/mol. The van der Waals surface area contributed by atoms with Gasteiger partial charge in [-0.1, -0.05) is 18.2 Å². The highest BCUT2D eigenvalue weighted by molar-refractivity contribution is 7.90. The van der Waals surface area contributed by atoms with Gasteiger partial charge in [0.25, 0.3) is 10.0 Å². The van der Waals surface area contributed by atoms with Crippen LogP contribution in [0.2, 0.25) is 0 Å². The van der Waals surface area contributed by atoms with Crippen LogP contribution in [0.15, 0.2) is 53.7 Å². The highest BCUT2D eigenvalue weighted by Crippen LogP contribution is 2.42. The maximum atomic E-state index is 13.2. The summed E-state index contributed by atoms with van der Waals surface area (Å²) >= 11 is 0. The fraction of sp³-hybridized carbons (Fsp3) is 0.318. The van der Waals surface area contributed by atoms with Crippen LogP contribution in [0.3, 0.4) is 0 Å². The lowest BCUT2D eigenvalue weighted by Gasteiger charge is -2.29. The zero-order valence-electron chi connectivity index (χ0n) is 18.2. The summed E-state index contributed by atoms with van der Waals surface area (Å²) in [7, 11) is -4.03. The van der Waals surface area contributed by atoms with Crippen LogP contribution in [0.4, 0.5) is 11.4 Å². The number of aromatic nitrogens is 2. The molecule has 2 heterocycles. The molecule has 1 fully saturated rings. The van der Waals surface area contributed by atoms with Crippen molar-refractivity contribution in [2.24, 2.45) is 5.92 Å². The first-order valence-electron chi connectivity index (χ1n) is 10.5. The third-order valence-corrected chi connectivity index (χ3v) is 7.57. The molecule has 176 valence electrons. The van der Waals surface area contributed by atoms with Crippen molar-refractivity contribution in [3.8, 4) is 6.07 Å². The van der Waals surface area contributed by atoms with Crippen molar-refractivity contribution in [3.63, 3.8) is 0 Å². The van der Waals surface area contributed by atoms with Gasteiger partial charge in [0.15, 0.2) is 5.65 Å². The first-order chi connectivity index (χ1) is 16.2. The number of hydrogen-bond acceptors (Lipinski definition) is 9. The van der Waals surface area contributed by atoms with Crippen molar-refractivity contribution >= 4 is 38.4 Å². The number of ether oxygens (including phenoxy) is 1. The Morgan fingerprint density at radius 1 is 1.38 bits per heavy atom. The molecule has 12 heteroatoms. The van der Waals surface area contributed by atoms with Gasteiger partial charge in [-0.05, 0) is 44.4 Å². The fourth-order valence-electron chi connectivity index (χ4n) is 4.24. The summed E-state index contributed by atoms with van der Waals surface area (Å²) in [6, 6.07) is 11.2. The molecule has 1 aromatic carbocycles. The van der Waals surface area contributed by atoms with Gasteiger partial charge in [-0.25, -0.2) is 22.2 Å². The van der Waals surface area contributed by atoms with E-state index in [1.165, 1.54) is 24.4 Å². The van der Waals surface area contributed by atoms with E-state index in [1.807, 2.05) is 0 Å². The van der Waals surface area contributed by atoms with Crippen LogP contribution < -0.4 is 5.32 Å². The number of carbonyl (C=O) groups is 1. The lowest BCUT2D eigenvalue weighted by atomic mass is 9.95.